The summed E-state index contributed by atoms with van der Waals surface area (Å²) in [6.45, 7) is 1.40. The summed E-state index contributed by atoms with van der Waals surface area (Å²) in [4.78, 5) is 35.5. The van der Waals surface area contributed by atoms with Gasteiger partial charge in [0.25, 0.3) is 11.8 Å². The quantitative estimate of drug-likeness (QED) is 0.431. The van der Waals surface area contributed by atoms with Crippen LogP contribution in [0.5, 0.6) is 5.75 Å². The van der Waals surface area contributed by atoms with Gasteiger partial charge in [0.05, 0.1) is 23.4 Å². The van der Waals surface area contributed by atoms with E-state index in [4.69, 9.17) is 21.5 Å². The maximum absolute atomic E-state index is 12.5. The topological polar surface area (TPSA) is 105 Å². The van der Waals surface area contributed by atoms with E-state index in [0.717, 1.165) is 0 Å². The SMILES string of the molecule is COc1ccc(C(C)=O)cc1NC(=O)c1cc(C(=O)NO)ccc1Cl. The molecule has 0 aliphatic rings. The molecule has 0 atom stereocenters. The number of carbonyl (C=O) groups excluding carboxylic acids is 3. The van der Waals surface area contributed by atoms with Crippen LogP contribution in [0.1, 0.15) is 38.0 Å². The molecule has 0 saturated carbocycles. The molecule has 7 nitrogen and oxygen atoms in total. The highest BCUT2D eigenvalue weighted by molar-refractivity contribution is 6.34. The minimum atomic E-state index is -0.776. The van der Waals surface area contributed by atoms with Crippen molar-refractivity contribution < 1.29 is 24.3 Å². The average molecular weight is 363 g/mol. The number of hydroxylamine groups is 1. The summed E-state index contributed by atoms with van der Waals surface area (Å²) in [6, 6.07) is 8.59. The molecule has 0 unspecified atom stereocenters. The van der Waals surface area contributed by atoms with Gasteiger partial charge in [-0.2, -0.15) is 0 Å². The zero-order valence-corrected chi connectivity index (χ0v) is 14.2. The van der Waals surface area contributed by atoms with E-state index in [2.05, 4.69) is 5.32 Å². The molecule has 0 radical (unpaired) electrons. The fourth-order valence-electron chi connectivity index (χ4n) is 2.12. The van der Waals surface area contributed by atoms with Crippen LogP contribution in [0.2, 0.25) is 5.02 Å². The van der Waals surface area contributed by atoms with E-state index in [1.54, 1.807) is 12.1 Å². The van der Waals surface area contributed by atoms with Gasteiger partial charge in [-0.3, -0.25) is 19.6 Å². The molecule has 0 heterocycles. The van der Waals surface area contributed by atoms with Gasteiger partial charge in [-0.25, -0.2) is 5.48 Å². The Labute approximate surface area is 148 Å². The number of halogens is 1. The first-order valence-corrected chi connectivity index (χ1v) is 7.49. The van der Waals surface area contributed by atoms with Crippen LogP contribution in [0.4, 0.5) is 5.69 Å². The van der Waals surface area contributed by atoms with Crippen LogP contribution >= 0.6 is 11.6 Å². The number of hydrogen-bond acceptors (Lipinski definition) is 5. The Balaban J connectivity index is 2.38. The minimum Gasteiger partial charge on any atom is -0.495 e. The number of rotatable bonds is 5. The number of Topliss-reactive ketones (excluding diaryl/α,β-unsaturated/α-hetero) is 1. The molecule has 0 spiro atoms. The number of methoxy groups -OCH3 is 1. The van der Waals surface area contributed by atoms with Gasteiger partial charge in [-0.15, -0.1) is 0 Å². The molecule has 0 aliphatic heterocycles. The Kier molecular flexibility index (Phi) is 5.74. The first kappa shape index (κ1) is 18.4. The van der Waals surface area contributed by atoms with Crippen molar-refractivity contribution in [1.29, 1.82) is 0 Å². The van der Waals surface area contributed by atoms with E-state index >= 15 is 0 Å². The highest BCUT2D eigenvalue weighted by Gasteiger charge is 2.17. The van der Waals surface area contributed by atoms with Crippen LogP contribution in [0.3, 0.4) is 0 Å². The third-order valence-corrected chi connectivity index (χ3v) is 3.76. The predicted molar refractivity (Wildman–Crippen MR) is 91.7 cm³/mol. The van der Waals surface area contributed by atoms with Crippen LogP contribution in [0, 0.1) is 0 Å². The van der Waals surface area contributed by atoms with Gasteiger partial charge in [-0.05, 0) is 43.3 Å². The molecular formula is C17H15ClN2O5. The lowest BCUT2D eigenvalue weighted by Crippen LogP contribution is -2.20. The van der Waals surface area contributed by atoms with Gasteiger partial charge in [-0.1, -0.05) is 11.6 Å². The summed E-state index contributed by atoms with van der Waals surface area (Å²) in [6.07, 6.45) is 0. The Hall–Kier alpha value is -2.90. The van der Waals surface area contributed by atoms with Gasteiger partial charge in [0.1, 0.15) is 5.75 Å². The van der Waals surface area contributed by atoms with E-state index in [1.807, 2.05) is 0 Å². The lowest BCUT2D eigenvalue weighted by molar-refractivity contribution is 0.0706. The number of nitrogens with one attached hydrogen (secondary N) is 2. The molecule has 2 amide bonds. The van der Waals surface area contributed by atoms with Gasteiger partial charge >= 0.3 is 0 Å². The number of ketones is 1. The fourth-order valence-corrected chi connectivity index (χ4v) is 2.32. The molecule has 0 fully saturated rings. The molecule has 2 aromatic carbocycles. The van der Waals surface area contributed by atoms with Crippen molar-refractivity contribution in [2.45, 2.75) is 6.92 Å². The highest BCUT2D eigenvalue weighted by Crippen LogP contribution is 2.27. The molecule has 2 rings (SSSR count). The second-order valence-electron chi connectivity index (χ2n) is 5.06. The van der Waals surface area contributed by atoms with Crippen molar-refractivity contribution >= 4 is 34.9 Å². The van der Waals surface area contributed by atoms with Crippen molar-refractivity contribution in [2.24, 2.45) is 0 Å². The zero-order valence-electron chi connectivity index (χ0n) is 13.4. The number of anilines is 1. The lowest BCUT2D eigenvalue weighted by atomic mass is 10.1. The molecular weight excluding hydrogens is 348 g/mol. The Morgan fingerprint density at radius 2 is 1.72 bits per heavy atom. The van der Waals surface area contributed by atoms with Gasteiger partial charge in [0.2, 0.25) is 0 Å². The largest absolute Gasteiger partial charge is 0.495 e. The van der Waals surface area contributed by atoms with Gasteiger partial charge in [0.15, 0.2) is 5.78 Å². The summed E-state index contributed by atoms with van der Waals surface area (Å²) in [5.74, 6) is -1.19. The molecule has 25 heavy (non-hydrogen) atoms. The van der Waals surface area contributed by atoms with Crippen LogP contribution in [0.25, 0.3) is 0 Å². The van der Waals surface area contributed by atoms with Gasteiger partial charge in [0, 0.05) is 11.1 Å². The molecule has 0 saturated heterocycles. The van der Waals surface area contributed by atoms with Crippen molar-refractivity contribution in [3.05, 3.63) is 58.1 Å². The fraction of sp³-hybridized carbons (Fsp3) is 0.118. The molecule has 0 aliphatic carbocycles. The highest BCUT2D eigenvalue weighted by atomic mass is 35.5. The van der Waals surface area contributed by atoms with E-state index in [-0.39, 0.29) is 27.6 Å². The summed E-state index contributed by atoms with van der Waals surface area (Å²) in [5, 5.41) is 11.4. The maximum Gasteiger partial charge on any atom is 0.274 e. The third kappa shape index (κ3) is 4.14. The van der Waals surface area contributed by atoms with Crippen molar-refractivity contribution in [2.75, 3.05) is 12.4 Å². The first-order valence-electron chi connectivity index (χ1n) is 7.11. The maximum atomic E-state index is 12.5. The summed E-state index contributed by atoms with van der Waals surface area (Å²) < 4.78 is 5.17. The lowest BCUT2D eigenvalue weighted by Gasteiger charge is -2.12. The minimum absolute atomic E-state index is 0.0260. The Bertz CT molecular complexity index is 851. The molecule has 8 heteroatoms. The van der Waals surface area contributed by atoms with Crippen LogP contribution in [0.15, 0.2) is 36.4 Å². The van der Waals surface area contributed by atoms with E-state index in [0.29, 0.717) is 11.3 Å². The van der Waals surface area contributed by atoms with Crippen LogP contribution < -0.4 is 15.5 Å². The molecule has 0 bridgehead atoms. The predicted octanol–water partition coefficient (Wildman–Crippen LogP) is 2.92. The monoisotopic (exact) mass is 362 g/mol. The summed E-state index contributed by atoms with van der Waals surface area (Å²) >= 11 is 6.02. The number of amides is 2. The number of hydrogen-bond donors (Lipinski definition) is 3. The third-order valence-electron chi connectivity index (χ3n) is 3.43. The van der Waals surface area contributed by atoms with E-state index in [9.17, 15) is 14.4 Å². The molecule has 3 N–H and O–H groups in total. The molecule has 2 aromatic rings. The Morgan fingerprint density at radius 1 is 1.04 bits per heavy atom. The van der Waals surface area contributed by atoms with Crippen LogP contribution in [-0.2, 0) is 0 Å². The number of benzene rings is 2. The second-order valence-corrected chi connectivity index (χ2v) is 5.47. The first-order chi connectivity index (χ1) is 11.9. The summed E-state index contributed by atoms with van der Waals surface area (Å²) in [7, 11) is 1.43. The zero-order chi connectivity index (χ0) is 18.6. The van der Waals surface area contributed by atoms with Gasteiger partial charge < -0.3 is 10.1 Å². The smallest absolute Gasteiger partial charge is 0.274 e. The normalized spacial score (nSPS) is 10.1. The molecule has 130 valence electrons. The standard InChI is InChI=1S/C17H15ClN2O5/c1-9(21)10-4-6-15(25-2)14(8-10)19-17(23)12-7-11(16(22)20-24)3-5-13(12)18/h3-8,24H,1-2H3,(H,19,23)(H,20,22). The second kappa shape index (κ2) is 7.78. The van der Waals surface area contributed by atoms with Crippen LogP contribution in [-0.4, -0.2) is 29.9 Å². The number of ether oxygens (including phenoxy) is 1. The van der Waals surface area contributed by atoms with Crippen molar-refractivity contribution in [1.82, 2.24) is 5.48 Å². The van der Waals surface area contributed by atoms with Crippen molar-refractivity contribution in [3.8, 4) is 5.75 Å². The Morgan fingerprint density at radius 3 is 2.32 bits per heavy atom. The van der Waals surface area contributed by atoms with E-state index < -0.39 is 11.8 Å². The van der Waals surface area contributed by atoms with Crippen molar-refractivity contribution in [3.63, 3.8) is 0 Å². The molecule has 0 aromatic heterocycles. The number of carbonyl (C=O) groups is 3. The summed E-state index contributed by atoms with van der Waals surface area (Å²) in [5.41, 5.74) is 2.25. The van der Waals surface area contributed by atoms with E-state index in [1.165, 1.54) is 43.8 Å². The average Bonchev–Trinajstić information content (AvgIpc) is 2.61.